The van der Waals surface area contributed by atoms with E-state index in [0.717, 1.165) is 11.3 Å². The summed E-state index contributed by atoms with van der Waals surface area (Å²) < 4.78 is 0. The third-order valence-corrected chi connectivity index (χ3v) is 3.88. The number of benzene rings is 2. The van der Waals surface area contributed by atoms with Crippen LogP contribution in [0.25, 0.3) is 0 Å². The second kappa shape index (κ2) is 6.00. The Kier molecular flexibility index (Phi) is 4.32. The van der Waals surface area contributed by atoms with E-state index in [-0.39, 0.29) is 6.04 Å². The van der Waals surface area contributed by atoms with E-state index in [1.807, 2.05) is 13.0 Å². The quantitative estimate of drug-likeness (QED) is 0.869. The first-order valence-electron chi connectivity index (χ1n) is 7.06. The molecule has 0 aliphatic carbocycles. The Morgan fingerprint density at radius 3 is 2.29 bits per heavy atom. The van der Waals surface area contributed by atoms with Gasteiger partial charge in [-0.2, -0.15) is 0 Å². The first-order chi connectivity index (χ1) is 9.88. The molecule has 0 saturated heterocycles. The van der Waals surface area contributed by atoms with Crippen LogP contribution in [0.2, 0.25) is 0 Å². The van der Waals surface area contributed by atoms with Crippen molar-refractivity contribution in [3.8, 4) is 0 Å². The lowest BCUT2D eigenvalue weighted by Crippen LogP contribution is -2.09. The molecule has 1 unspecified atom stereocenters. The Morgan fingerprint density at radius 1 is 1.00 bits per heavy atom. The lowest BCUT2D eigenvalue weighted by Gasteiger charge is -2.18. The van der Waals surface area contributed by atoms with Gasteiger partial charge in [-0.1, -0.05) is 18.2 Å². The van der Waals surface area contributed by atoms with Crippen LogP contribution in [0.5, 0.6) is 0 Å². The highest BCUT2D eigenvalue weighted by Crippen LogP contribution is 2.24. The van der Waals surface area contributed by atoms with Gasteiger partial charge >= 0.3 is 5.97 Å². The molecule has 0 aliphatic rings. The topological polar surface area (TPSA) is 49.3 Å². The standard InChI is InChI=1S/C18H21NO2/c1-11-5-6-15(9-12(11)2)14(4)19-17-8-7-16(18(20)21)10-13(17)3/h5-10,14,19H,1-4H3,(H,20,21). The third kappa shape index (κ3) is 3.43. The predicted octanol–water partition coefficient (Wildman–Crippen LogP) is 4.48. The first-order valence-corrected chi connectivity index (χ1v) is 7.06. The minimum Gasteiger partial charge on any atom is -0.478 e. The molecule has 0 amide bonds. The van der Waals surface area contributed by atoms with Gasteiger partial charge in [0, 0.05) is 11.7 Å². The van der Waals surface area contributed by atoms with E-state index in [2.05, 4.69) is 44.3 Å². The van der Waals surface area contributed by atoms with E-state index >= 15 is 0 Å². The second-order valence-corrected chi connectivity index (χ2v) is 5.54. The predicted molar refractivity (Wildman–Crippen MR) is 86.1 cm³/mol. The molecule has 110 valence electrons. The minimum absolute atomic E-state index is 0.165. The van der Waals surface area contributed by atoms with Crippen LogP contribution in [0, 0.1) is 20.8 Å². The Balaban J connectivity index is 2.21. The van der Waals surface area contributed by atoms with Crippen molar-refractivity contribution in [3.63, 3.8) is 0 Å². The molecule has 0 heterocycles. The number of carbonyl (C=O) groups is 1. The number of hydrogen-bond acceptors (Lipinski definition) is 2. The number of carboxylic acids is 1. The van der Waals surface area contributed by atoms with Crippen LogP contribution in [0.3, 0.4) is 0 Å². The highest BCUT2D eigenvalue weighted by Gasteiger charge is 2.10. The Morgan fingerprint density at radius 2 is 1.71 bits per heavy atom. The van der Waals surface area contributed by atoms with Crippen LogP contribution in [-0.4, -0.2) is 11.1 Å². The highest BCUT2D eigenvalue weighted by atomic mass is 16.4. The van der Waals surface area contributed by atoms with Gasteiger partial charge < -0.3 is 10.4 Å². The van der Waals surface area contributed by atoms with Crippen LogP contribution < -0.4 is 5.32 Å². The fourth-order valence-corrected chi connectivity index (χ4v) is 2.31. The van der Waals surface area contributed by atoms with Gasteiger partial charge in [-0.15, -0.1) is 0 Å². The van der Waals surface area contributed by atoms with Gasteiger partial charge in [0.25, 0.3) is 0 Å². The Bertz CT molecular complexity index is 677. The molecule has 0 aromatic heterocycles. The smallest absolute Gasteiger partial charge is 0.335 e. The maximum Gasteiger partial charge on any atom is 0.335 e. The maximum atomic E-state index is 11.0. The summed E-state index contributed by atoms with van der Waals surface area (Å²) in [5, 5.41) is 12.4. The van der Waals surface area contributed by atoms with Crippen molar-refractivity contribution in [2.24, 2.45) is 0 Å². The van der Waals surface area contributed by atoms with Crippen LogP contribution in [0.4, 0.5) is 5.69 Å². The summed E-state index contributed by atoms with van der Waals surface area (Å²) in [6.45, 7) is 8.24. The number of carboxylic acid groups (broad SMARTS) is 1. The van der Waals surface area contributed by atoms with Crippen LogP contribution in [0.15, 0.2) is 36.4 Å². The van der Waals surface area contributed by atoms with Crippen molar-refractivity contribution in [3.05, 3.63) is 64.2 Å². The fourth-order valence-electron chi connectivity index (χ4n) is 2.31. The van der Waals surface area contributed by atoms with Gasteiger partial charge in [-0.25, -0.2) is 4.79 Å². The normalized spacial score (nSPS) is 12.0. The number of aryl methyl sites for hydroxylation is 3. The van der Waals surface area contributed by atoms with Crippen LogP contribution in [-0.2, 0) is 0 Å². The molecule has 0 spiro atoms. The lowest BCUT2D eigenvalue weighted by molar-refractivity contribution is 0.0697. The molecular formula is C18H21NO2. The zero-order valence-corrected chi connectivity index (χ0v) is 12.9. The van der Waals surface area contributed by atoms with Gasteiger partial charge in [-0.05, 0) is 68.1 Å². The molecule has 0 bridgehead atoms. The zero-order valence-electron chi connectivity index (χ0n) is 12.9. The minimum atomic E-state index is -0.896. The summed E-state index contributed by atoms with van der Waals surface area (Å²) in [5.74, 6) is -0.896. The summed E-state index contributed by atoms with van der Waals surface area (Å²) in [4.78, 5) is 11.0. The van der Waals surface area contributed by atoms with Gasteiger partial charge in [-0.3, -0.25) is 0 Å². The monoisotopic (exact) mass is 283 g/mol. The molecule has 2 aromatic carbocycles. The number of rotatable bonds is 4. The fraction of sp³-hybridized carbons (Fsp3) is 0.278. The summed E-state index contributed by atoms with van der Waals surface area (Å²) in [5.41, 5.74) is 6.00. The SMILES string of the molecule is Cc1ccc(C(C)Nc2ccc(C(=O)O)cc2C)cc1C. The largest absolute Gasteiger partial charge is 0.478 e. The molecule has 0 fully saturated rings. The van der Waals surface area contributed by atoms with Gasteiger partial charge in [0.05, 0.1) is 5.56 Å². The molecular weight excluding hydrogens is 262 g/mol. The molecule has 21 heavy (non-hydrogen) atoms. The molecule has 0 radical (unpaired) electrons. The molecule has 1 atom stereocenters. The van der Waals surface area contributed by atoms with E-state index in [4.69, 9.17) is 5.11 Å². The summed E-state index contributed by atoms with van der Waals surface area (Å²) in [7, 11) is 0. The van der Waals surface area contributed by atoms with E-state index in [1.165, 1.54) is 16.7 Å². The van der Waals surface area contributed by atoms with Gasteiger partial charge in [0.15, 0.2) is 0 Å². The average molecular weight is 283 g/mol. The number of nitrogens with one attached hydrogen (secondary N) is 1. The van der Waals surface area contributed by atoms with E-state index in [1.54, 1.807) is 12.1 Å². The van der Waals surface area contributed by atoms with Crippen molar-refractivity contribution < 1.29 is 9.90 Å². The average Bonchev–Trinajstić information content (AvgIpc) is 2.43. The maximum absolute atomic E-state index is 11.0. The Labute approximate surface area is 125 Å². The lowest BCUT2D eigenvalue weighted by atomic mass is 10.0. The molecule has 0 aliphatic heterocycles. The summed E-state index contributed by atoms with van der Waals surface area (Å²) >= 11 is 0. The molecule has 3 heteroatoms. The van der Waals surface area contributed by atoms with Crippen molar-refractivity contribution in [2.75, 3.05) is 5.32 Å². The second-order valence-electron chi connectivity index (χ2n) is 5.54. The third-order valence-electron chi connectivity index (χ3n) is 3.88. The van der Waals surface area contributed by atoms with Crippen molar-refractivity contribution >= 4 is 11.7 Å². The van der Waals surface area contributed by atoms with Crippen molar-refractivity contribution in [2.45, 2.75) is 33.7 Å². The van der Waals surface area contributed by atoms with E-state index in [9.17, 15) is 4.79 Å². The molecule has 3 nitrogen and oxygen atoms in total. The van der Waals surface area contributed by atoms with Crippen molar-refractivity contribution in [1.29, 1.82) is 0 Å². The first kappa shape index (κ1) is 15.1. The number of anilines is 1. The molecule has 2 rings (SSSR count). The molecule has 0 saturated carbocycles. The van der Waals surface area contributed by atoms with Gasteiger partial charge in [0.2, 0.25) is 0 Å². The van der Waals surface area contributed by atoms with Crippen molar-refractivity contribution in [1.82, 2.24) is 0 Å². The molecule has 2 N–H and O–H groups in total. The van der Waals surface area contributed by atoms with Crippen LogP contribution in [0.1, 0.15) is 45.6 Å². The Hall–Kier alpha value is -2.29. The summed E-state index contributed by atoms with van der Waals surface area (Å²) in [6.07, 6.45) is 0. The highest BCUT2D eigenvalue weighted by molar-refractivity contribution is 5.88. The zero-order chi connectivity index (χ0) is 15.6. The van der Waals surface area contributed by atoms with E-state index < -0.39 is 5.97 Å². The van der Waals surface area contributed by atoms with Crippen LogP contribution >= 0.6 is 0 Å². The molecule has 2 aromatic rings. The number of aromatic carboxylic acids is 1. The van der Waals surface area contributed by atoms with Gasteiger partial charge in [0.1, 0.15) is 0 Å². The van der Waals surface area contributed by atoms with E-state index in [0.29, 0.717) is 5.56 Å². The summed E-state index contributed by atoms with van der Waals surface area (Å²) in [6, 6.07) is 11.8. The number of hydrogen-bond donors (Lipinski definition) is 2.